The Morgan fingerprint density at radius 2 is 1.90 bits per heavy atom. The second-order valence-corrected chi connectivity index (χ2v) is 5.34. The van der Waals surface area contributed by atoms with E-state index in [0.717, 1.165) is 36.6 Å². The Labute approximate surface area is 127 Å². The third-order valence-electron chi connectivity index (χ3n) is 3.28. The van der Waals surface area contributed by atoms with Crippen molar-refractivity contribution in [1.29, 1.82) is 0 Å². The summed E-state index contributed by atoms with van der Waals surface area (Å²) in [5.74, 6) is 0.905. The highest BCUT2D eigenvalue weighted by molar-refractivity contribution is 5.46. The highest BCUT2D eigenvalue weighted by Crippen LogP contribution is 2.18. The Morgan fingerprint density at radius 1 is 1.19 bits per heavy atom. The highest BCUT2D eigenvalue weighted by Gasteiger charge is 2.05. The van der Waals surface area contributed by atoms with Gasteiger partial charge >= 0.3 is 0 Å². The van der Waals surface area contributed by atoms with Crippen molar-refractivity contribution in [1.82, 2.24) is 9.78 Å². The molecular formula is C17H25N3O. The third kappa shape index (κ3) is 4.25. The van der Waals surface area contributed by atoms with Gasteiger partial charge in [-0.3, -0.25) is 4.68 Å². The topological polar surface area (TPSA) is 39.1 Å². The summed E-state index contributed by atoms with van der Waals surface area (Å²) in [7, 11) is 0. The third-order valence-corrected chi connectivity index (χ3v) is 3.28. The Hall–Kier alpha value is -1.97. The van der Waals surface area contributed by atoms with Gasteiger partial charge in [-0.25, -0.2) is 0 Å². The smallest absolute Gasteiger partial charge is 0.119 e. The van der Waals surface area contributed by atoms with Gasteiger partial charge in [-0.05, 0) is 57.5 Å². The molecule has 0 bridgehead atoms. The van der Waals surface area contributed by atoms with Crippen molar-refractivity contribution in [2.75, 3.05) is 5.32 Å². The van der Waals surface area contributed by atoms with Crippen molar-refractivity contribution in [3.63, 3.8) is 0 Å². The van der Waals surface area contributed by atoms with Crippen molar-refractivity contribution in [3.8, 4) is 5.75 Å². The van der Waals surface area contributed by atoms with E-state index in [1.54, 1.807) is 0 Å². The van der Waals surface area contributed by atoms with Gasteiger partial charge in [0.1, 0.15) is 5.75 Å². The van der Waals surface area contributed by atoms with Gasteiger partial charge in [0.15, 0.2) is 0 Å². The summed E-state index contributed by atoms with van der Waals surface area (Å²) in [4.78, 5) is 0. The van der Waals surface area contributed by atoms with Gasteiger partial charge in [0.2, 0.25) is 0 Å². The SMILES string of the molecule is CCc1cc(CNc2ccc(OC(C)C)cc2)n(CC)n1. The van der Waals surface area contributed by atoms with E-state index in [1.807, 2.05) is 38.1 Å². The predicted octanol–water partition coefficient (Wildman–Crippen LogP) is 3.86. The quantitative estimate of drug-likeness (QED) is 0.840. The minimum atomic E-state index is 0.204. The number of ether oxygens (including phenoxy) is 1. The molecule has 4 heteroatoms. The molecular weight excluding hydrogens is 262 g/mol. The zero-order valence-electron chi connectivity index (χ0n) is 13.4. The molecule has 0 aliphatic rings. The van der Waals surface area contributed by atoms with Crippen LogP contribution >= 0.6 is 0 Å². The lowest BCUT2D eigenvalue weighted by atomic mass is 10.2. The number of hydrogen-bond donors (Lipinski definition) is 1. The molecule has 0 atom stereocenters. The summed E-state index contributed by atoms with van der Waals surface area (Å²) >= 11 is 0. The fourth-order valence-electron chi connectivity index (χ4n) is 2.22. The Bertz CT molecular complexity index is 558. The highest BCUT2D eigenvalue weighted by atomic mass is 16.5. The average Bonchev–Trinajstić information content (AvgIpc) is 2.88. The minimum absolute atomic E-state index is 0.204. The van der Waals surface area contributed by atoms with Crippen LogP contribution in [0.15, 0.2) is 30.3 Å². The lowest BCUT2D eigenvalue weighted by molar-refractivity contribution is 0.242. The molecule has 21 heavy (non-hydrogen) atoms. The number of aromatic nitrogens is 2. The molecule has 0 unspecified atom stereocenters. The van der Waals surface area contributed by atoms with Crippen LogP contribution < -0.4 is 10.1 Å². The van der Waals surface area contributed by atoms with Gasteiger partial charge in [-0.2, -0.15) is 5.10 Å². The van der Waals surface area contributed by atoms with Gasteiger partial charge in [-0.1, -0.05) is 6.92 Å². The molecule has 0 spiro atoms. The van der Waals surface area contributed by atoms with Gasteiger partial charge in [0.25, 0.3) is 0 Å². The van der Waals surface area contributed by atoms with Crippen LogP contribution in [0.25, 0.3) is 0 Å². The Balaban J connectivity index is 1.98. The zero-order valence-corrected chi connectivity index (χ0v) is 13.4. The maximum atomic E-state index is 5.64. The zero-order chi connectivity index (χ0) is 15.2. The maximum absolute atomic E-state index is 5.64. The largest absolute Gasteiger partial charge is 0.491 e. The molecule has 1 aromatic heterocycles. The standard InChI is InChI=1S/C17H25N3O/c1-5-14-11-16(20(6-2)19-14)12-18-15-7-9-17(10-8-15)21-13(3)4/h7-11,13,18H,5-6,12H2,1-4H3. The van der Waals surface area contributed by atoms with Gasteiger partial charge in [-0.15, -0.1) is 0 Å². The van der Waals surface area contributed by atoms with Crippen molar-refractivity contribution in [2.24, 2.45) is 0 Å². The first-order chi connectivity index (χ1) is 10.1. The fourth-order valence-corrected chi connectivity index (χ4v) is 2.22. The fraction of sp³-hybridized carbons (Fsp3) is 0.471. The number of benzene rings is 1. The van der Waals surface area contributed by atoms with Crippen LogP contribution in [0.3, 0.4) is 0 Å². The van der Waals surface area contributed by atoms with E-state index >= 15 is 0 Å². The summed E-state index contributed by atoms with van der Waals surface area (Å²) in [5.41, 5.74) is 3.46. The van der Waals surface area contributed by atoms with Crippen LogP contribution in [0.1, 0.15) is 39.1 Å². The number of rotatable bonds is 7. The number of hydrogen-bond acceptors (Lipinski definition) is 3. The van der Waals surface area contributed by atoms with Crippen LogP contribution in [-0.2, 0) is 19.5 Å². The normalized spacial score (nSPS) is 10.9. The van der Waals surface area contributed by atoms with E-state index in [0.29, 0.717) is 0 Å². The molecule has 1 aromatic carbocycles. The molecule has 4 nitrogen and oxygen atoms in total. The molecule has 0 amide bonds. The van der Waals surface area contributed by atoms with E-state index in [9.17, 15) is 0 Å². The number of nitrogens with one attached hydrogen (secondary N) is 1. The molecule has 0 aliphatic carbocycles. The number of aryl methyl sites for hydroxylation is 2. The van der Waals surface area contributed by atoms with Gasteiger partial charge in [0.05, 0.1) is 24.0 Å². The van der Waals surface area contributed by atoms with Gasteiger partial charge < -0.3 is 10.1 Å². The molecule has 0 fully saturated rings. The van der Waals surface area contributed by atoms with Crippen molar-refractivity contribution in [2.45, 2.75) is 53.3 Å². The summed E-state index contributed by atoms with van der Waals surface area (Å²) in [5, 5.41) is 8.00. The van der Waals surface area contributed by atoms with E-state index < -0.39 is 0 Å². The van der Waals surface area contributed by atoms with E-state index in [2.05, 4.69) is 35.0 Å². The summed E-state index contributed by atoms with van der Waals surface area (Å²) < 4.78 is 7.70. The molecule has 0 saturated heterocycles. The first-order valence-corrected chi connectivity index (χ1v) is 7.68. The molecule has 2 rings (SSSR count). The summed E-state index contributed by atoms with van der Waals surface area (Å²) in [6.45, 7) is 10.00. The van der Waals surface area contributed by atoms with Crippen molar-refractivity contribution >= 4 is 5.69 Å². The molecule has 0 radical (unpaired) electrons. The van der Waals surface area contributed by atoms with Crippen molar-refractivity contribution < 1.29 is 4.74 Å². The molecule has 2 aromatic rings. The average molecular weight is 287 g/mol. The number of nitrogens with zero attached hydrogens (tertiary/aromatic N) is 2. The summed E-state index contributed by atoms with van der Waals surface area (Å²) in [6, 6.07) is 10.3. The second-order valence-electron chi connectivity index (χ2n) is 5.34. The first-order valence-electron chi connectivity index (χ1n) is 7.68. The van der Waals surface area contributed by atoms with Crippen LogP contribution in [0.5, 0.6) is 5.75 Å². The molecule has 0 aliphatic heterocycles. The molecule has 1 heterocycles. The Morgan fingerprint density at radius 3 is 2.48 bits per heavy atom. The minimum Gasteiger partial charge on any atom is -0.491 e. The monoisotopic (exact) mass is 287 g/mol. The van der Waals surface area contributed by atoms with Gasteiger partial charge in [0, 0.05) is 12.2 Å². The Kier molecular flexibility index (Phi) is 5.26. The molecule has 114 valence electrons. The van der Waals surface area contributed by atoms with Crippen LogP contribution in [0.2, 0.25) is 0 Å². The van der Waals surface area contributed by atoms with Crippen LogP contribution in [0, 0.1) is 0 Å². The lowest BCUT2D eigenvalue weighted by Crippen LogP contribution is -2.08. The van der Waals surface area contributed by atoms with E-state index in [1.165, 1.54) is 5.69 Å². The van der Waals surface area contributed by atoms with Crippen LogP contribution in [-0.4, -0.2) is 15.9 Å². The number of anilines is 1. The van der Waals surface area contributed by atoms with E-state index in [-0.39, 0.29) is 6.10 Å². The molecule has 0 saturated carbocycles. The molecule has 1 N–H and O–H groups in total. The predicted molar refractivity (Wildman–Crippen MR) is 86.8 cm³/mol. The lowest BCUT2D eigenvalue weighted by Gasteiger charge is -2.11. The second kappa shape index (κ2) is 7.16. The first kappa shape index (κ1) is 15.4. The maximum Gasteiger partial charge on any atom is 0.119 e. The van der Waals surface area contributed by atoms with E-state index in [4.69, 9.17) is 4.74 Å². The van der Waals surface area contributed by atoms with Crippen LogP contribution in [0.4, 0.5) is 5.69 Å². The van der Waals surface area contributed by atoms with Crippen molar-refractivity contribution in [3.05, 3.63) is 41.7 Å². The summed E-state index contributed by atoms with van der Waals surface area (Å²) in [6.07, 6.45) is 1.18.